The van der Waals surface area contributed by atoms with E-state index in [9.17, 15) is 9.59 Å². The lowest BCUT2D eigenvalue weighted by atomic mass is 9.90. The maximum Gasteiger partial charge on any atom is 0.265 e. The molecular weight excluding hydrogens is 374 g/mol. The number of benzene rings is 1. The monoisotopic (exact) mass is 399 g/mol. The number of nitrogens with zero attached hydrogens (tertiary/aromatic N) is 1. The van der Waals surface area contributed by atoms with E-state index < -0.39 is 5.91 Å². The Bertz CT molecular complexity index is 902. The van der Waals surface area contributed by atoms with Crippen molar-refractivity contribution in [2.75, 3.05) is 36.5 Å². The average molecular weight is 400 g/mol. The van der Waals surface area contributed by atoms with Gasteiger partial charge < -0.3 is 20.7 Å². The van der Waals surface area contributed by atoms with Gasteiger partial charge in [-0.3, -0.25) is 9.59 Å². The fourth-order valence-electron chi connectivity index (χ4n) is 3.86. The van der Waals surface area contributed by atoms with Gasteiger partial charge in [0.15, 0.2) is 0 Å². The SMILES string of the molecule is CC1CCc2sc(C(=O)Nc3ccc(N4CCOCC4)cc3C(N)=O)cc2C1. The minimum atomic E-state index is -0.551. The van der Waals surface area contributed by atoms with Crippen molar-refractivity contribution in [1.29, 1.82) is 0 Å². The van der Waals surface area contributed by atoms with Crippen LogP contribution in [0.4, 0.5) is 11.4 Å². The van der Waals surface area contributed by atoms with E-state index in [0.717, 1.165) is 31.6 Å². The first-order chi connectivity index (χ1) is 13.5. The van der Waals surface area contributed by atoms with Gasteiger partial charge in [0.25, 0.3) is 11.8 Å². The number of thiophene rings is 1. The van der Waals surface area contributed by atoms with Crippen LogP contribution in [0.15, 0.2) is 24.3 Å². The highest BCUT2D eigenvalue weighted by molar-refractivity contribution is 7.14. The van der Waals surface area contributed by atoms with E-state index in [0.29, 0.717) is 35.3 Å². The largest absolute Gasteiger partial charge is 0.378 e. The maximum absolute atomic E-state index is 12.8. The number of rotatable bonds is 4. The van der Waals surface area contributed by atoms with E-state index in [1.807, 2.05) is 12.1 Å². The zero-order valence-corrected chi connectivity index (χ0v) is 16.8. The Balaban J connectivity index is 1.55. The van der Waals surface area contributed by atoms with Gasteiger partial charge in [-0.05, 0) is 55.0 Å². The summed E-state index contributed by atoms with van der Waals surface area (Å²) in [5.74, 6) is -0.0782. The molecule has 1 saturated heterocycles. The normalized spacial score (nSPS) is 19.2. The number of amides is 2. The Hall–Kier alpha value is -2.38. The van der Waals surface area contributed by atoms with Crippen LogP contribution in [0, 0.1) is 5.92 Å². The number of fused-ring (bicyclic) bond motifs is 1. The molecule has 0 radical (unpaired) electrons. The van der Waals surface area contributed by atoms with Crippen LogP contribution in [0.2, 0.25) is 0 Å². The van der Waals surface area contributed by atoms with Crippen LogP contribution in [-0.4, -0.2) is 38.1 Å². The molecule has 2 aromatic rings. The summed E-state index contributed by atoms with van der Waals surface area (Å²) in [6.45, 7) is 5.10. The van der Waals surface area contributed by atoms with Crippen molar-refractivity contribution in [3.05, 3.63) is 45.1 Å². The van der Waals surface area contributed by atoms with E-state index >= 15 is 0 Å². The molecule has 1 atom stereocenters. The minimum Gasteiger partial charge on any atom is -0.378 e. The number of anilines is 2. The number of carbonyl (C=O) groups is 2. The van der Waals surface area contributed by atoms with Crippen LogP contribution in [0.5, 0.6) is 0 Å². The molecule has 1 unspecified atom stereocenters. The molecule has 1 aromatic heterocycles. The maximum atomic E-state index is 12.8. The second-order valence-corrected chi connectivity index (χ2v) is 8.69. The lowest BCUT2D eigenvalue weighted by Crippen LogP contribution is -2.36. The van der Waals surface area contributed by atoms with Crippen LogP contribution >= 0.6 is 11.3 Å². The number of morpholine rings is 1. The Morgan fingerprint density at radius 2 is 2.04 bits per heavy atom. The predicted molar refractivity (Wildman–Crippen MR) is 111 cm³/mol. The summed E-state index contributed by atoms with van der Waals surface area (Å²) in [7, 11) is 0. The van der Waals surface area contributed by atoms with Crippen molar-refractivity contribution >= 4 is 34.5 Å². The van der Waals surface area contributed by atoms with Gasteiger partial charge in [0.2, 0.25) is 0 Å². The highest BCUT2D eigenvalue weighted by Crippen LogP contribution is 2.33. The molecule has 4 rings (SSSR count). The molecule has 0 saturated carbocycles. The molecule has 1 fully saturated rings. The fourth-order valence-corrected chi connectivity index (χ4v) is 4.97. The highest BCUT2D eigenvalue weighted by Gasteiger charge is 2.22. The lowest BCUT2D eigenvalue weighted by Gasteiger charge is -2.29. The Morgan fingerprint density at radius 1 is 1.25 bits per heavy atom. The number of carbonyl (C=O) groups excluding carboxylic acids is 2. The summed E-state index contributed by atoms with van der Waals surface area (Å²) in [6, 6.07) is 7.42. The minimum absolute atomic E-state index is 0.186. The molecule has 3 N–H and O–H groups in total. The lowest BCUT2D eigenvalue weighted by molar-refractivity contribution is 0.100. The second kappa shape index (κ2) is 7.93. The number of aryl methyl sites for hydroxylation is 1. The van der Waals surface area contributed by atoms with Crippen molar-refractivity contribution < 1.29 is 14.3 Å². The molecule has 6 nitrogen and oxygen atoms in total. The Labute approximate surface area is 168 Å². The van der Waals surface area contributed by atoms with Gasteiger partial charge in [-0.2, -0.15) is 0 Å². The second-order valence-electron chi connectivity index (χ2n) is 7.55. The topological polar surface area (TPSA) is 84.7 Å². The standard InChI is InChI=1S/C21H25N3O3S/c1-13-2-5-18-14(10-13)11-19(28-18)21(26)23-17-4-3-15(12-16(17)20(22)25)24-6-8-27-9-7-24/h3-4,11-13H,2,5-10H2,1H3,(H2,22,25)(H,23,26). The zero-order chi connectivity index (χ0) is 19.7. The van der Waals surface area contributed by atoms with Crippen LogP contribution < -0.4 is 16.0 Å². The molecule has 2 heterocycles. The summed E-state index contributed by atoms with van der Waals surface area (Å²) in [5, 5.41) is 2.89. The number of nitrogens with two attached hydrogens (primary N) is 1. The van der Waals surface area contributed by atoms with Crippen molar-refractivity contribution in [2.24, 2.45) is 11.7 Å². The van der Waals surface area contributed by atoms with E-state index in [2.05, 4.69) is 17.1 Å². The van der Waals surface area contributed by atoms with Crippen LogP contribution in [0.25, 0.3) is 0 Å². The van der Waals surface area contributed by atoms with Crippen molar-refractivity contribution in [1.82, 2.24) is 0 Å². The van der Waals surface area contributed by atoms with Gasteiger partial charge in [0.05, 0.1) is 29.3 Å². The summed E-state index contributed by atoms with van der Waals surface area (Å²) >= 11 is 1.55. The number of hydrogen-bond donors (Lipinski definition) is 2. The molecular formula is C21H25N3O3S. The molecule has 2 amide bonds. The highest BCUT2D eigenvalue weighted by atomic mass is 32.1. The van der Waals surface area contributed by atoms with Gasteiger partial charge in [0, 0.05) is 23.7 Å². The molecule has 2 aliphatic rings. The molecule has 7 heteroatoms. The Kier molecular flexibility index (Phi) is 5.37. The van der Waals surface area contributed by atoms with Gasteiger partial charge >= 0.3 is 0 Å². The van der Waals surface area contributed by atoms with Crippen molar-refractivity contribution in [3.8, 4) is 0 Å². The molecule has 28 heavy (non-hydrogen) atoms. The number of nitrogens with one attached hydrogen (secondary N) is 1. The number of hydrogen-bond acceptors (Lipinski definition) is 5. The molecule has 1 aliphatic carbocycles. The summed E-state index contributed by atoms with van der Waals surface area (Å²) < 4.78 is 5.38. The average Bonchev–Trinajstić information content (AvgIpc) is 3.12. The van der Waals surface area contributed by atoms with E-state index in [4.69, 9.17) is 10.5 Å². The van der Waals surface area contributed by atoms with Gasteiger partial charge in [-0.15, -0.1) is 11.3 Å². The van der Waals surface area contributed by atoms with Gasteiger partial charge in [0.1, 0.15) is 0 Å². The van der Waals surface area contributed by atoms with Crippen LogP contribution in [0.1, 0.15) is 43.8 Å². The molecule has 0 spiro atoms. The van der Waals surface area contributed by atoms with Crippen molar-refractivity contribution in [2.45, 2.75) is 26.2 Å². The molecule has 1 aromatic carbocycles. The van der Waals surface area contributed by atoms with E-state index in [-0.39, 0.29) is 5.91 Å². The quantitative estimate of drug-likeness (QED) is 0.828. The molecule has 148 valence electrons. The summed E-state index contributed by atoms with van der Waals surface area (Å²) in [4.78, 5) is 28.9. The number of ether oxygens (including phenoxy) is 1. The third kappa shape index (κ3) is 3.91. The predicted octanol–water partition coefficient (Wildman–Crippen LogP) is 3.06. The van der Waals surface area contributed by atoms with Crippen LogP contribution in [0.3, 0.4) is 0 Å². The first-order valence-corrected chi connectivity index (χ1v) is 10.5. The van der Waals surface area contributed by atoms with Crippen LogP contribution in [-0.2, 0) is 17.6 Å². The zero-order valence-electron chi connectivity index (χ0n) is 16.0. The van der Waals surface area contributed by atoms with Gasteiger partial charge in [-0.1, -0.05) is 6.92 Å². The van der Waals surface area contributed by atoms with E-state index in [1.54, 1.807) is 23.5 Å². The summed E-state index contributed by atoms with van der Waals surface area (Å²) in [6.07, 6.45) is 3.23. The van der Waals surface area contributed by atoms with Crippen molar-refractivity contribution in [3.63, 3.8) is 0 Å². The van der Waals surface area contributed by atoms with Gasteiger partial charge in [-0.25, -0.2) is 0 Å². The third-order valence-electron chi connectivity index (χ3n) is 5.45. The third-order valence-corrected chi connectivity index (χ3v) is 6.68. The number of primary amides is 1. The van der Waals surface area contributed by atoms with E-state index in [1.165, 1.54) is 16.9 Å². The smallest absolute Gasteiger partial charge is 0.265 e. The summed E-state index contributed by atoms with van der Waals surface area (Å²) in [5.41, 5.74) is 8.57. The Morgan fingerprint density at radius 3 is 2.79 bits per heavy atom. The molecule has 0 bridgehead atoms. The fraction of sp³-hybridized carbons (Fsp3) is 0.429. The first-order valence-electron chi connectivity index (χ1n) is 9.70. The first kappa shape index (κ1) is 19.0. The molecule has 1 aliphatic heterocycles.